The Labute approximate surface area is 113 Å². The molecule has 0 aliphatic carbocycles. The first kappa shape index (κ1) is 16.3. The molecule has 0 radical (unpaired) electrons. The van der Waals surface area contributed by atoms with Gasteiger partial charge in [0.05, 0.1) is 30.9 Å². The number of ether oxygens (including phenoxy) is 1. The Morgan fingerprint density at radius 2 is 2.10 bits per heavy atom. The molecule has 3 N–H and O–H groups in total. The summed E-state index contributed by atoms with van der Waals surface area (Å²) >= 11 is 0. The van der Waals surface area contributed by atoms with Crippen molar-refractivity contribution in [2.45, 2.75) is 12.3 Å². The Morgan fingerprint density at radius 1 is 1.45 bits per heavy atom. The Kier molecular flexibility index (Phi) is 5.34. The van der Waals surface area contributed by atoms with Gasteiger partial charge in [0.25, 0.3) is 0 Å². The number of hydrogen-bond donors (Lipinski definition) is 3. The van der Waals surface area contributed by atoms with Crippen LogP contribution in [0.3, 0.4) is 0 Å². The van der Waals surface area contributed by atoms with Gasteiger partial charge in [0, 0.05) is 12.2 Å². The van der Waals surface area contributed by atoms with Crippen LogP contribution in [-0.2, 0) is 10.9 Å². The van der Waals surface area contributed by atoms with Crippen LogP contribution in [0.1, 0.15) is 15.9 Å². The smallest absolute Gasteiger partial charge is 0.417 e. The summed E-state index contributed by atoms with van der Waals surface area (Å²) in [5, 5.41) is 20.3. The molecule has 1 rings (SSSR count). The number of aliphatic hydroxyl groups is 2. The van der Waals surface area contributed by atoms with Gasteiger partial charge in [0.2, 0.25) is 0 Å². The topological polar surface area (TPSA) is 78.8 Å². The van der Waals surface area contributed by atoms with E-state index < -0.39 is 36.0 Å². The molecule has 0 saturated carbocycles. The number of alkyl halides is 3. The van der Waals surface area contributed by atoms with E-state index in [0.29, 0.717) is 0 Å². The van der Waals surface area contributed by atoms with Gasteiger partial charge in [-0.05, 0) is 18.2 Å². The van der Waals surface area contributed by atoms with E-state index in [1.807, 2.05) is 0 Å². The SMILES string of the molecule is COC(=O)c1ccc(NCC(O)CO)cc1C(F)(F)F. The summed E-state index contributed by atoms with van der Waals surface area (Å²) in [7, 11) is 0.992. The third-order valence-corrected chi connectivity index (χ3v) is 2.48. The van der Waals surface area contributed by atoms with Crippen LogP contribution in [0.5, 0.6) is 0 Å². The molecule has 0 bridgehead atoms. The maximum atomic E-state index is 12.9. The maximum absolute atomic E-state index is 12.9. The van der Waals surface area contributed by atoms with E-state index in [9.17, 15) is 18.0 Å². The predicted octanol–water partition coefficient (Wildman–Crippen LogP) is 1.26. The molecule has 1 atom stereocenters. The third kappa shape index (κ3) is 4.10. The Balaban J connectivity index is 3.05. The average molecular weight is 293 g/mol. The van der Waals surface area contributed by atoms with Gasteiger partial charge in [-0.2, -0.15) is 13.2 Å². The standard InChI is InChI=1S/C12H14F3NO4/c1-20-11(19)9-3-2-7(16-5-8(18)6-17)4-10(9)12(13,14)15/h2-4,8,16-18H,5-6H2,1H3. The van der Waals surface area contributed by atoms with Crippen molar-refractivity contribution < 1.29 is 32.9 Å². The normalized spacial score (nSPS) is 12.9. The first-order valence-corrected chi connectivity index (χ1v) is 5.62. The quantitative estimate of drug-likeness (QED) is 0.712. The summed E-state index contributed by atoms with van der Waals surface area (Å²) < 4.78 is 42.9. The van der Waals surface area contributed by atoms with E-state index in [2.05, 4.69) is 10.1 Å². The number of rotatable bonds is 5. The molecule has 1 unspecified atom stereocenters. The first-order chi connectivity index (χ1) is 9.29. The van der Waals surface area contributed by atoms with Crippen molar-refractivity contribution in [3.63, 3.8) is 0 Å². The lowest BCUT2D eigenvalue weighted by Crippen LogP contribution is -2.23. The molecule has 112 valence electrons. The minimum atomic E-state index is -4.71. The summed E-state index contributed by atoms with van der Waals surface area (Å²) in [4.78, 5) is 11.3. The van der Waals surface area contributed by atoms with E-state index in [4.69, 9.17) is 10.2 Å². The highest BCUT2D eigenvalue weighted by Crippen LogP contribution is 2.34. The van der Waals surface area contributed by atoms with Crippen molar-refractivity contribution in [3.05, 3.63) is 29.3 Å². The summed E-state index contributed by atoms with van der Waals surface area (Å²) in [6.07, 6.45) is -5.80. The number of aliphatic hydroxyl groups excluding tert-OH is 2. The van der Waals surface area contributed by atoms with Crippen LogP contribution < -0.4 is 5.32 Å². The molecule has 8 heteroatoms. The van der Waals surface area contributed by atoms with Gasteiger partial charge in [-0.25, -0.2) is 4.79 Å². The van der Waals surface area contributed by atoms with E-state index in [1.54, 1.807) is 0 Å². The number of benzene rings is 1. The molecule has 0 aliphatic rings. The number of hydrogen-bond acceptors (Lipinski definition) is 5. The van der Waals surface area contributed by atoms with E-state index in [1.165, 1.54) is 6.07 Å². The molecule has 1 aromatic carbocycles. The zero-order chi connectivity index (χ0) is 15.3. The molecule has 0 spiro atoms. The second-order valence-corrected chi connectivity index (χ2v) is 3.97. The van der Waals surface area contributed by atoms with Gasteiger partial charge < -0.3 is 20.3 Å². The van der Waals surface area contributed by atoms with Crippen LogP contribution in [-0.4, -0.2) is 42.5 Å². The Morgan fingerprint density at radius 3 is 2.60 bits per heavy atom. The van der Waals surface area contributed by atoms with Crippen LogP contribution in [0.2, 0.25) is 0 Å². The van der Waals surface area contributed by atoms with Gasteiger partial charge in [-0.3, -0.25) is 0 Å². The summed E-state index contributed by atoms with van der Waals surface area (Å²) in [6, 6.07) is 2.99. The third-order valence-electron chi connectivity index (χ3n) is 2.48. The highest BCUT2D eigenvalue weighted by molar-refractivity contribution is 5.91. The molecule has 0 aromatic heterocycles. The molecule has 0 fully saturated rings. The molecular weight excluding hydrogens is 279 g/mol. The number of esters is 1. The van der Waals surface area contributed by atoms with Crippen molar-refractivity contribution in [1.82, 2.24) is 0 Å². The Hall–Kier alpha value is -1.80. The van der Waals surface area contributed by atoms with Crippen LogP contribution >= 0.6 is 0 Å². The number of nitrogens with one attached hydrogen (secondary N) is 1. The summed E-state index contributed by atoms with van der Waals surface area (Å²) in [6.45, 7) is -0.634. The minimum absolute atomic E-state index is 0.0671. The van der Waals surface area contributed by atoms with Gasteiger partial charge in [-0.15, -0.1) is 0 Å². The lowest BCUT2D eigenvalue weighted by atomic mass is 10.1. The number of methoxy groups -OCH3 is 1. The summed E-state index contributed by atoms with van der Waals surface area (Å²) in [5.41, 5.74) is -1.65. The second-order valence-electron chi connectivity index (χ2n) is 3.97. The van der Waals surface area contributed by atoms with Gasteiger partial charge in [0.15, 0.2) is 0 Å². The van der Waals surface area contributed by atoms with E-state index in [-0.39, 0.29) is 12.2 Å². The molecular formula is C12H14F3NO4. The number of carbonyl (C=O) groups excluding carboxylic acids is 1. The fourth-order valence-corrected chi connectivity index (χ4v) is 1.48. The van der Waals surface area contributed by atoms with Crippen LogP contribution in [0, 0.1) is 0 Å². The fourth-order valence-electron chi connectivity index (χ4n) is 1.48. The van der Waals surface area contributed by atoms with Gasteiger partial charge >= 0.3 is 12.1 Å². The number of carbonyl (C=O) groups is 1. The Bertz CT molecular complexity index is 476. The number of anilines is 1. The largest absolute Gasteiger partial charge is 0.465 e. The van der Waals surface area contributed by atoms with Crippen LogP contribution in [0.4, 0.5) is 18.9 Å². The molecule has 0 aliphatic heterocycles. The van der Waals surface area contributed by atoms with Crippen molar-refractivity contribution in [2.24, 2.45) is 0 Å². The van der Waals surface area contributed by atoms with E-state index >= 15 is 0 Å². The first-order valence-electron chi connectivity index (χ1n) is 5.62. The van der Waals surface area contributed by atoms with E-state index in [0.717, 1.165) is 19.2 Å². The molecule has 5 nitrogen and oxygen atoms in total. The lowest BCUT2D eigenvalue weighted by Gasteiger charge is -2.15. The van der Waals surface area contributed by atoms with Crippen LogP contribution in [0.25, 0.3) is 0 Å². The molecule has 1 aromatic rings. The van der Waals surface area contributed by atoms with Gasteiger partial charge in [0.1, 0.15) is 0 Å². The maximum Gasteiger partial charge on any atom is 0.417 e. The lowest BCUT2D eigenvalue weighted by molar-refractivity contribution is -0.138. The zero-order valence-electron chi connectivity index (χ0n) is 10.6. The highest BCUT2D eigenvalue weighted by atomic mass is 19.4. The molecule has 20 heavy (non-hydrogen) atoms. The van der Waals surface area contributed by atoms with Crippen molar-refractivity contribution in [1.29, 1.82) is 0 Å². The molecule has 0 heterocycles. The molecule has 0 saturated heterocycles. The van der Waals surface area contributed by atoms with Crippen molar-refractivity contribution >= 4 is 11.7 Å². The van der Waals surface area contributed by atoms with Gasteiger partial charge in [-0.1, -0.05) is 0 Å². The second kappa shape index (κ2) is 6.58. The summed E-state index contributed by atoms with van der Waals surface area (Å²) in [5.74, 6) is -1.08. The highest BCUT2D eigenvalue weighted by Gasteiger charge is 2.35. The average Bonchev–Trinajstić information content (AvgIpc) is 2.42. The van der Waals surface area contributed by atoms with Crippen molar-refractivity contribution in [2.75, 3.05) is 25.6 Å². The molecule has 0 amide bonds. The predicted molar refractivity (Wildman–Crippen MR) is 64.4 cm³/mol. The fraction of sp³-hybridized carbons (Fsp3) is 0.417. The van der Waals surface area contributed by atoms with Crippen LogP contribution in [0.15, 0.2) is 18.2 Å². The minimum Gasteiger partial charge on any atom is -0.465 e. The number of halogens is 3. The zero-order valence-corrected chi connectivity index (χ0v) is 10.6. The van der Waals surface area contributed by atoms with Crippen molar-refractivity contribution in [3.8, 4) is 0 Å². The monoisotopic (exact) mass is 293 g/mol.